The van der Waals surface area contributed by atoms with Gasteiger partial charge in [-0.1, -0.05) is 17.7 Å². The van der Waals surface area contributed by atoms with E-state index >= 15 is 0 Å². The Bertz CT molecular complexity index is 1230. The first-order valence-electron chi connectivity index (χ1n) is 9.31. The van der Waals surface area contributed by atoms with Crippen molar-refractivity contribution in [2.45, 2.75) is 25.7 Å². The Hall–Kier alpha value is -3.17. The van der Waals surface area contributed by atoms with Crippen molar-refractivity contribution < 1.29 is 22.7 Å². The summed E-state index contributed by atoms with van der Waals surface area (Å²) in [6, 6.07) is 12.5. The van der Waals surface area contributed by atoms with Gasteiger partial charge in [0, 0.05) is 16.1 Å². The molecule has 2 aromatic carbocycles. The minimum absolute atomic E-state index is 0.152. The maximum atomic E-state index is 12.7. The predicted molar refractivity (Wildman–Crippen MR) is 122 cm³/mol. The molecule has 3 rings (SSSR count). The average Bonchev–Trinajstić information content (AvgIpc) is 3.01. The third-order valence-corrected chi connectivity index (χ3v) is 7.25. The van der Waals surface area contributed by atoms with Crippen molar-refractivity contribution >= 4 is 43.9 Å². The number of aryl methyl sites for hydroxylation is 2. The molecule has 3 aromatic rings. The third kappa shape index (κ3) is 4.95. The SMILES string of the molecule is COC(=O)c1c(NC(=O)c2ccc(NS(=O)(=O)c3ccc(C)cc3)cc2)sc(C)c1C. The number of ether oxygens (including phenoxy) is 1. The van der Waals surface area contributed by atoms with Crippen LogP contribution in [0.3, 0.4) is 0 Å². The van der Waals surface area contributed by atoms with E-state index in [1.54, 1.807) is 19.1 Å². The van der Waals surface area contributed by atoms with Gasteiger partial charge in [0.25, 0.3) is 15.9 Å². The monoisotopic (exact) mass is 458 g/mol. The number of sulfonamides is 1. The van der Waals surface area contributed by atoms with E-state index in [0.717, 1.165) is 16.0 Å². The van der Waals surface area contributed by atoms with Crippen LogP contribution in [-0.2, 0) is 14.8 Å². The van der Waals surface area contributed by atoms with Gasteiger partial charge in [-0.15, -0.1) is 11.3 Å². The number of hydrogen-bond donors (Lipinski definition) is 2. The average molecular weight is 459 g/mol. The Balaban J connectivity index is 1.76. The molecule has 31 heavy (non-hydrogen) atoms. The molecule has 162 valence electrons. The highest BCUT2D eigenvalue weighted by Gasteiger charge is 2.22. The molecule has 0 atom stereocenters. The first-order chi connectivity index (χ1) is 14.6. The van der Waals surface area contributed by atoms with Crippen molar-refractivity contribution in [2.75, 3.05) is 17.1 Å². The number of carbonyl (C=O) groups is 2. The van der Waals surface area contributed by atoms with Gasteiger partial charge in [0.05, 0.1) is 17.6 Å². The van der Waals surface area contributed by atoms with E-state index in [0.29, 0.717) is 21.8 Å². The fourth-order valence-electron chi connectivity index (χ4n) is 2.86. The maximum Gasteiger partial charge on any atom is 0.341 e. The highest BCUT2D eigenvalue weighted by molar-refractivity contribution is 7.92. The zero-order chi connectivity index (χ0) is 22.8. The lowest BCUT2D eigenvalue weighted by atomic mass is 10.1. The molecule has 0 aliphatic carbocycles. The number of thiophene rings is 1. The molecule has 0 bridgehead atoms. The molecule has 0 saturated carbocycles. The highest BCUT2D eigenvalue weighted by Crippen LogP contribution is 2.33. The zero-order valence-electron chi connectivity index (χ0n) is 17.5. The summed E-state index contributed by atoms with van der Waals surface area (Å²) in [7, 11) is -2.44. The van der Waals surface area contributed by atoms with Crippen LogP contribution in [0.1, 0.15) is 36.7 Å². The van der Waals surface area contributed by atoms with E-state index in [4.69, 9.17) is 4.74 Å². The first-order valence-corrected chi connectivity index (χ1v) is 11.6. The van der Waals surface area contributed by atoms with Gasteiger partial charge in [0.2, 0.25) is 0 Å². The number of carbonyl (C=O) groups excluding carboxylic acids is 2. The number of methoxy groups -OCH3 is 1. The molecule has 0 unspecified atom stereocenters. The van der Waals surface area contributed by atoms with E-state index in [-0.39, 0.29) is 4.90 Å². The van der Waals surface area contributed by atoms with Crippen LogP contribution in [-0.4, -0.2) is 27.4 Å². The summed E-state index contributed by atoms with van der Waals surface area (Å²) in [5.74, 6) is -0.933. The second-order valence-corrected chi connectivity index (χ2v) is 9.84. The number of esters is 1. The molecule has 0 aliphatic rings. The second-order valence-electron chi connectivity index (χ2n) is 6.93. The fourth-order valence-corrected chi connectivity index (χ4v) is 4.96. The number of amides is 1. The number of hydrogen-bond acceptors (Lipinski definition) is 6. The molecule has 0 spiro atoms. The van der Waals surface area contributed by atoms with E-state index in [2.05, 4.69) is 10.0 Å². The third-order valence-electron chi connectivity index (χ3n) is 4.73. The van der Waals surface area contributed by atoms with Crippen molar-refractivity contribution in [3.63, 3.8) is 0 Å². The highest BCUT2D eigenvalue weighted by atomic mass is 32.2. The first kappa shape index (κ1) is 22.5. The number of rotatable bonds is 6. The van der Waals surface area contributed by atoms with Crippen molar-refractivity contribution in [1.29, 1.82) is 0 Å². The maximum absolute atomic E-state index is 12.7. The molecule has 0 fully saturated rings. The van der Waals surface area contributed by atoms with Crippen LogP contribution < -0.4 is 10.0 Å². The van der Waals surface area contributed by atoms with Gasteiger partial charge in [-0.2, -0.15) is 0 Å². The van der Waals surface area contributed by atoms with Gasteiger partial charge in [-0.25, -0.2) is 13.2 Å². The minimum atomic E-state index is -3.73. The van der Waals surface area contributed by atoms with E-state index in [1.165, 1.54) is 54.8 Å². The summed E-state index contributed by atoms with van der Waals surface area (Å²) < 4.78 is 32.3. The fraction of sp³-hybridized carbons (Fsp3) is 0.182. The molecule has 2 N–H and O–H groups in total. The standard InChI is InChI=1S/C22H22N2O5S2/c1-13-5-11-18(12-6-13)31(27,28)24-17-9-7-16(8-10-17)20(25)23-21-19(22(26)29-4)14(2)15(3)30-21/h5-12,24H,1-4H3,(H,23,25). The van der Waals surface area contributed by atoms with Crippen LogP contribution in [0, 0.1) is 20.8 Å². The second kappa shape index (κ2) is 8.91. The summed E-state index contributed by atoms with van der Waals surface area (Å²) in [6.07, 6.45) is 0. The summed E-state index contributed by atoms with van der Waals surface area (Å²) in [5.41, 5.74) is 2.70. The number of benzene rings is 2. The summed E-state index contributed by atoms with van der Waals surface area (Å²) in [6.45, 7) is 5.53. The zero-order valence-corrected chi connectivity index (χ0v) is 19.1. The van der Waals surface area contributed by atoms with Crippen LogP contribution in [0.15, 0.2) is 53.4 Å². The molecule has 0 saturated heterocycles. The molecule has 0 aliphatic heterocycles. The normalized spacial score (nSPS) is 11.1. The summed E-state index contributed by atoms with van der Waals surface area (Å²) in [4.78, 5) is 25.8. The van der Waals surface area contributed by atoms with Crippen LogP contribution in [0.2, 0.25) is 0 Å². The largest absolute Gasteiger partial charge is 0.465 e. The quantitative estimate of drug-likeness (QED) is 0.529. The van der Waals surface area contributed by atoms with Crippen molar-refractivity contribution in [3.05, 3.63) is 75.7 Å². The minimum Gasteiger partial charge on any atom is -0.465 e. The van der Waals surface area contributed by atoms with E-state index in [9.17, 15) is 18.0 Å². The lowest BCUT2D eigenvalue weighted by molar-refractivity contribution is 0.0601. The topological polar surface area (TPSA) is 102 Å². The van der Waals surface area contributed by atoms with E-state index < -0.39 is 21.9 Å². The van der Waals surface area contributed by atoms with Crippen molar-refractivity contribution in [2.24, 2.45) is 0 Å². The van der Waals surface area contributed by atoms with Gasteiger partial charge in [0.15, 0.2) is 0 Å². The molecular formula is C22H22N2O5S2. The van der Waals surface area contributed by atoms with Gasteiger partial charge in [0.1, 0.15) is 5.00 Å². The van der Waals surface area contributed by atoms with Crippen molar-refractivity contribution in [1.82, 2.24) is 0 Å². The Labute approximate surface area is 185 Å². The Kier molecular flexibility index (Phi) is 6.47. The number of nitrogens with one attached hydrogen (secondary N) is 2. The molecule has 1 amide bonds. The molecule has 1 aromatic heterocycles. The van der Waals surface area contributed by atoms with Gasteiger partial charge < -0.3 is 10.1 Å². The Morgan fingerprint density at radius 3 is 2.13 bits per heavy atom. The lowest BCUT2D eigenvalue weighted by Crippen LogP contribution is -2.15. The Morgan fingerprint density at radius 2 is 1.55 bits per heavy atom. The Morgan fingerprint density at radius 1 is 0.935 bits per heavy atom. The van der Waals surface area contributed by atoms with Crippen LogP contribution in [0.4, 0.5) is 10.7 Å². The van der Waals surface area contributed by atoms with Crippen LogP contribution in [0.25, 0.3) is 0 Å². The summed E-state index contributed by atoms with van der Waals surface area (Å²) in [5, 5.41) is 3.16. The predicted octanol–water partition coefficient (Wildman–Crippen LogP) is 4.51. The van der Waals surface area contributed by atoms with Crippen LogP contribution >= 0.6 is 11.3 Å². The van der Waals surface area contributed by atoms with E-state index in [1.807, 2.05) is 13.8 Å². The molecule has 0 radical (unpaired) electrons. The molecule has 9 heteroatoms. The molecule has 1 heterocycles. The lowest BCUT2D eigenvalue weighted by Gasteiger charge is -2.10. The van der Waals surface area contributed by atoms with Crippen molar-refractivity contribution in [3.8, 4) is 0 Å². The van der Waals surface area contributed by atoms with Gasteiger partial charge in [-0.05, 0) is 62.7 Å². The molecular weight excluding hydrogens is 436 g/mol. The van der Waals surface area contributed by atoms with Gasteiger partial charge >= 0.3 is 5.97 Å². The van der Waals surface area contributed by atoms with Gasteiger partial charge in [-0.3, -0.25) is 9.52 Å². The smallest absolute Gasteiger partial charge is 0.341 e. The van der Waals surface area contributed by atoms with Crippen LogP contribution in [0.5, 0.6) is 0 Å². The molecule has 7 nitrogen and oxygen atoms in total. The summed E-state index contributed by atoms with van der Waals surface area (Å²) >= 11 is 1.29. The number of anilines is 2.